The second-order valence-electron chi connectivity index (χ2n) is 3.04. The van der Waals surface area contributed by atoms with Gasteiger partial charge in [0.1, 0.15) is 6.33 Å². The van der Waals surface area contributed by atoms with Crippen LogP contribution in [-0.2, 0) is 6.54 Å². The molecule has 2 rings (SSSR count). The lowest BCUT2D eigenvalue weighted by atomic mass is 10.2. The average Bonchev–Trinajstić information content (AvgIpc) is 2.96. The van der Waals surface area contributed by atoms with Gasteiger partial charge >= 0.3 is 0 Å². The maximum absolute atomic E-state index is 12.1. The van der Waals surface area contributed by atoms with Crippen LogP contribution < -0.4 is 4.74 Å². The van der Waals surface area contributed by atoms with E-state index in [4.69, 9.17) is 4.74 Å². The molecule has 0 radical (unpaired) electrons. The van der Waals surface area contributed by atoms with E-state index in [0.29, 0.717) is 18.0 Å². The molecule has 0 bridgehead atoms. The fraction of sp³-hybridized carbons (Fsp3) is 0.333. The number of aryl methyl sites for hydroxylation is 1. The number of hydrogen-bond acceptors (Lipinski definition) is 5. The van der Waals surface area contributed by atoms with E-state index >= 15 is 0 Å². The zero-order chi connectivity index (χ0) is 11.5. The molecular formula is C9H11N5O2. The van der Waals surface area contributed by atoms with E-state index in [2.05, 4.69) is 20.3 Å². The van der Waals surface area contributed by atoms with Gasteiger partial charge in [0, 0.05) is 6.54 Å². The Hall–Kier alpha value is -2.18. The molecule has 84 valence electrons. The Morgan fingerprint density at radius 1 is 1.62 bits per heavy atom. The Balaban J connectivity index is 2.46. The number of hydrogen-bond donors (Lipinski definition) is 1. The minimum absolute atomic E-state index is 0.175. The van der Waals surface area contributed by atoms with Gasteiger partial charge in [-0.25, -0.2) is 4.98 Å². The summed E-state index contributed by atoms with van der Waals surface area (Å²) in [4.78, 5) is 15.9. The highest BCUT2D eigenvalue weighted by Gasteiger charge is 2.22. The highest BCUT2D eigenvalue weighted by atomic mass is 16.5. The zero-order valence-corrected chi connectivity index (χ0v) is 8.97. The van der Waals surface area contributed by atoms with Gasteiger partial charge in [-0.05, 0) is 6.92 Å². The van der Waals surface area contributed by atoms with Gasteiger partial charge < -0.3 is 4.74 Å². The smallest absolute Gasteiger partial charge is 0.251 e. The fourth-order valence-electron chi connectivity index (χ4n) is 1.41. The predicted octanol–water partition coefficient (Wildman–Crippen LogP) is 0.261. The first kappa shape index (κ1) is 10.3. The van der Waals surface area contributed by atoms with Gasteiger partial charge in [0.25, 0.3) is 5.78 Å². The maximum Gasteiger partial charge on any atom is 0.251 e. The van der Waals surface area contributed by atoms with Crippen LogP contribution >= 0.6 is 0 Å². The summed E-state index contributed by atoms with van der Waals surface area (Å²) in [5, 5.41) is 10.2. The maximum atomic E-state index is 12.1. The number of rotatable bonds is 4. The van der Waals surface area contributed by atoms with Crippen molar-refractivity contribution in [3.8, 4) is 5.75 Å². The van der Waals surface area contributed by atoms with Crippen LogP contribution in [0, 0.1) is 0 Å². The van der Waals surface area contributed by atoms with E-state index in [0.717, 1.165) is 0 Å². The molecule has 0 aromatic carbocycles. The number of methoxy groups -OCH3 is 1. The van der Waals surface area contributed by atoms with Crippen LogP contribution in [0.5, 0.6) is 5.75 Å². The number of carbonyl (C=O) groups is 1. The molecule has 7 nitrogen and oxygen atoms in total. The van der Waals surface area contributed by atoms with E-state index in [1.165, 1.54) is 19.6 Å². The monoisotopic (exact) mass is 221 g/mol. The van der Waals surface area contributed by atoms with Crippen LogP contribution in [0.1, 0.15) is 23.2 Å². The lowest BCUT2D eigenvalue weighted by Gasteiger charge is -2.03. The molecule has 0 spiro atoms. The molecule has 0 saturated carbocycles. The number of ketones is 1. The molecule has 0 aliphatic rings. The van der Waals surface area contributed by atoms with Crippen LogP contribution in [0.2, 0.25) is 0 Å². The number of aromatic amines is 1. The summed E-state index contributed by atoms with van der Waals surface area (Å²) >= 11 is 0. The average molecular weight is 221 g/mol. The number of ether oxygens (including phenoxy) is 1. The summed E-state index contributed by atoms with van der Waals surface area (Å²) in [7, 11) is 1.49. The van der Waals surface area contributed by atoms with E-state index in [-0.39, 0.29) is 11.6 Å². The summed E-state index contributed by atoms with van der Waals surface area (Å²) in [5.41, 5.74) is 0.377. The molecule has 2 aromatic heterocycles. The highest BCUT2D eigenvalue weighted by molar-refractivity contribution is 6.07. The first-order valence-electron chi connectivity index (χ1n) is 4.77. The summed E-state index contributed by atoms with van der Waals surface area (Å²) in [6.07, 6.45) is 2.79. The van der Waals surface area contributed by atoms with Gasteiger partial charge in [-0.1, -0.05) is 0 Å². The summed E-state index contributed by atoms with van der Waals surface area (Å²) in [5.74, 6) is 0.324. The quantitative estimate of drug-likeness (QED) is 0.748. The first-order valence-corrected chi connectivity index (χ1v) is 4.77. The van der Waals surface area contributed by atoms with Crippen molar-refractivity contribution in [2.45, 2.75) is 13.5 Å². The van der Waals surface area contributed by atoms with Crippen molar-refractivity contribution in [2.75, 3.05) is 7.11 Å². The lowest BCUT2D eigenvalue weighted by Crippen LogP contribution is -2.13. The van der Waals surface area contributed by atoms with Gasteiger partial charge in [-0.15, -0.1) is 0 Å². The zero-order valence-electron chi connectivity index (χ0n) is 8.97. The Morgan fingerprint density at radius 2 is 2.44 bits per heavy atom. The van der Waals surface area contributed by atoms with Crippen molar-refractivity contribution in [2.24, 2.45) is 0 Å². The normalized spacial score (nSPS) is 10.4. The molecule has 1 N–H and O–H groups in total. The third kappa shape index (κ3) is 1.56. The molecule has 0 unspecified atom stereocenters. The Labute approximate surface area is 91.4 Å². The van der Waals surface area contributed by atoms with Crippen LogP contribution in [0.3, 0.4) is 0 Å². The first-order chi connectivity index (χ1) is 7.77. The van der Waals surface area contributed by atoms with Gasteiger partial charge in [-0.3, -0.25) is 14.6 Å². The van der Waals surface area contributed by atoms with Gasteiger partial charge in [0.2, 0.25) is 0 Å². The molecule has 7 heteroatoms. The molecule has 2 aromatic rings. The van der Waals surface area contributed by atoms with E-state index in [9.17, 15) is 4.79 Å². The van der Waals surface area contributed by atoms with E-state index in [1.54, 1.807) is 4.68 Å². The molecule has 0 fully saturated rings. The minimum Gasteiger partial charge on any atom is -0.493 e. The standard InChI is InChI=1S/C9H11N5O2/c1-3-14-7(6(16-2)4-12-14)8(15)9-10-5-11-13-9/h4-5H,3H2,1-2H3,(H,10,11,13). The van der Waals surface area contributed by atoms with Crippen molar-refractivity contribution >= 4 is 5.78 Å². The van der Waals surface area contributed by atoms with E-state index in [1.807, 2.05) is 6.92 Å². The molecule has 0 saturated heterocycles. The highest BCUT2D eigenvalue weighted by Crippen LogP contribution is 2.19. The summed E-state index contributed by atoms with van der Waals surface area (Å²) < 4.78 is 6.64. The number of carbonyl (C=O) groups excluding carboxylic acids is 1. The van der Waals surface area contributed by atoms with Crippen molar-refractivity contribution in [3.63, 3.8) is 0 Å². The second kappa shape index (κ2) is 4.13. The molecular weight excluding hydrogens is 210 g/mol. The van der Waals surface area contributed by atoms with Crippen molar-refractivity contribution in [1.82, 2.24) is 25.0 Å². The third-order valence-corrected chi connectivity index (χ3v) is 2.17. The Kier molecular flexibility index (Phi) is 2.67. The van der Waals surface area contributed by atoms with Gasteiger partial charge in [0.15, 0.2) is 17.3 Å². The minimum atomic E-state index is -0.284. The fourth-order valence-corrected chi connectivity index (χ4v) is 1.41. The summed E-state index contributed by atoms with van der Waals surface area (Å²) in [6.45, 7) is 2.47. The lowest BCUT2D eigenvalue weighted by molar-refractivity contribution is 0.101. The van der Waals surface area contributed by atoms with Crippen LogP contribution in [0.15, 0.2) is 12.5 Å². The molecule has 2 heterocycles. The van der Waals surface area contributed by atoms with E-state index < -0.39 is 0 Å². The summed E-state index contributed by atoms with van der Waals surface area (Å²) in [6, 6.07) is 0. The van der Waals surface area contributed by atoms with Crippen molar-refractivity contribution in [3.05, 3.63) is 24.0 Å². The van der Waals surface area contributed by atoms with Crippen LogP contribution in [0.25, 0.3) is 0 Å². The third-order valence-electron chi connectivity index (χ3n) is 2.17. The molecule has 16 heavy (non-hydrogen) atoms. The Bertz CT molecular complexity index is 466. The number of aromatic nitrogens is 5. The SMILES string of the molecule is CCn1ncc(OC)c1C(=O)c1ncn[nH]1. The molecule has 0 aliphatic heterocycles. The predicted molar refractivity (Wildman–Crippen MR) is 54.3 cm³/mol. The molecule has 0 atom stereocenters. The number of H-pyrrole nitrogens is 1. The van der Waals surface area contributed by atoms with Crippen LogP contribution in [0.4, 0.5) is 0 Å². The number of nitrogens with one attached hydrogen (secondary N) is 1. The Morgan fingerprint density at radius 3 is 3.00 bits per heavy atom. The molecule has 0 aliphatic carbocycles. The van der Waals surface area contributed by atoms with Gasteiger partial charge in [0.05, 0.1) is 13.3 Å². The topological polar surface area (TPSA) is 85.7 Å². The van der Waals surface area contributed by atoms with Gasteiger partial charge in [-0.2, -0.15) is 10.2 Å². The second-order valence-corrected chi connectivity index (χ2v) is 3.04. The van der Waals surface area contributed by atoms with Crippen molar-refractivity contribution < 1.29 is 9.53 Å². The largest absolute Gasteiger partial charge is 0.493 e. The number of nitrogens with zero attached hydrogens (tertiary/aromatic N) is 4. The van der Waals surface area contributed by atoms with Crippen LogP contribution in [-0.4, -0.2) is 37.9 Å². The van der Waals surface area contributed by atoms with Crippen molar-refractivity contribution in [1.29, 1.82) is 0 Å². The molecule has 0 amide bonds.